The molecule has 0 radical (unpaired) electrons. The fourth-order valence-electron chi connectivity index (χ4n) is 0.648. The molecule has 0 unspecified atom stereocenters. The molecule has 0 fully saturated rings. The summed E-state index contributed by atoms with van der Waals surface area (Å²) in [6.45, 7) is 6.73. The maximum atomic E-state index is 6.73. The highest BCUT2D eigenvalue weighted by Crippen LogP contribution is 2.27. The topological polar surface area (TPSA) is 26.5 Å². The molecule has 3 nitrogen and oxygen atoms in total. The molecule has 11 heavy (non-hydrogen) atoms. The Hall–Kier alpha value is -1.08. The van der Waals surface area contributed by atoms with Gasteiger partial charge >= 0.3 is 5.82 Å². The van der Waals surface area contributed by atoms with E-state index < -0.39 is 0 Å². The Labute approximate surface area is 73.0 Å². The smallest absolute Gasteiger partial charge is 0.311 e. The van der Waals surface area contributed by atoms with Crippen molar-refractivity contribution in [2.75, 3.05) is 7.11 Å². The van der Waals surface area contributed by atoms with E-state index in [9.17, 15) is 0 Å². The molecular weight excluding hydrogens is 208 g/mol. The maximum absolute atomic E-state index is 6.73. The highest BCUT2D eigenvalue weighted by atomic mass is 79.9. The molecule has 1 aromatic heterocycles. The van der Waals surface area contributed by atoms with E-state index in [-0.39, 0.29) is 5.82 Å². The standard InChI is InChI=1S/C7H5BrN2O/c1-9-7-6(11-2)3-5(8)4-10-7/h3-4H,2H3. The summed E-state index contributed by atoms with van der Waals surface area (Å²) in [5, 5.41) is 0. The van der Waals surface area contributed by atoms with Crippen molar-refractivity contribution in [3.05, 3.63) is 28.2 Å². The van der Waals surface area contributed by atoms with E-state index in [1.807, 2.05) is 0 Å². The number of pyridine rings is 1. The Bertz CT molecular complexity index is 306. The normalized spacial score (nSPS) is 8.82. The summed E-state index contributed by atoms with van der Waals surface area (Å²) in [5.41, 5.74) is 0. The van der Waals surface area contributed by atoms with Gasteiger partial charge < -0.3 is 9.58 Å². The van der Waals surface area contributed by atoms with Crippen molar-refractivity contribution < 1.29 is 4.74 Å². The average Bonchev–Trinajstić information content (AvgIpc) is 2.04. The van der Waals surface area contributed by atoms with E-state index >= 15 is 0 Å². The molecule has 56 valence electrons. The molecular formula is C7H5BrN2O. The zero-order valence-corrected chi connectivity index (χ0v) is 7.42. The Morgan fingerprint density at radius 2 is 2.45 bits per heavy atom. The van der Waals surface area contributed by atoms with Crippen molar-refractivity contribution in [2.45, 2.75) is 0 Å². The van der Waals surface area contributed by atoms with Crippen LogP contribution in [-0.2, 0) is 0 Å². The molecule has 0 aliphatic rings. The molecule has 1 aromatic rings. The number of ether oxygens (including phenoxy) is 1. The number of nitrogens with zero attached hydrogens (tertiary/aromatic N) is 2. The SMILES string of the molecule is [C-]#[N+]c1ncc(Br)cc1OC. The first-order valence-electron chi connectivity index (χ1n) is 2.85. The highest BCUT2D eigenvalue weighted by molar-refractivity contribution is 9.10. The lowest BCUT2D eigenvalue weighted by Gasteiger charge is -1.99. The lowest BCUT2D eigenvalue weighted by atomic mass is 10.4. The second-order valence-corrected chi connectivity index (χ2v) is 2.71. The Kier molecular flexibility index (Phi) is 2.44. The van der Waals surface area contributed by atoms with Gasteiger partial charge in [0.25, 0.3) is 0 Å². The first-order chi connectivity index (χ1) is 5.27. The predicted octanol–water partition coefficient (Wildman–Crippen LogP) is 2.40. The average molecular weight is 213 g/mol. The molecule has 0 spiro atoms. The second-order valence-electron chi connectivity index (χ2n) is 1.79. The van der Waals surface area contributed by atoms with Gasteiger partial charge in [-0.15, -0.1) is 4.98 Å². The third-order valence-corrected chi connectivity index (χ3v) is 1.56. The van der Waals surface area contributed by atoms with Crippen LogP contribution in [-0.4, -0.2) is 12.1 Å². The van der Waals surface area contributed by atoms with Gasteiger partial charge in [-0.2, -0.15) is 0 Å². The van der Waals surface area contributed by atoms with Crippen molar-refractivity contribution >= 4 is 21.7 Å². The zero-order valence-electron chi connectivity index (χ0n) is 5.84. The monoisotopic (exact) mass is 212 g/mol. The van der Waals surface area contributed by atoms with Crippen molar-refractivity contribution in [1.82, 2.24) is 4.98 Å². The number of methoxy groups -OCH3 is 1. The highest BCUT2D eigenvalue weighted by Gasteiger charge is 2.03. The minimum Gasteiger partial charge on any atom is -0.506 e. The number of hydrogen-bond donors (Lipinski definition) is 0. The van der Waals surface area contributed by atoms with Crippen LogP contribution < -0.4 is 4.74 Å². The summed E-state index contributed by atoms with van der Waals surface area (Å²) < 4.78 is 5.72. The van der Waals surface area contributed by atoms with Gasteiger partial charge in [0.05, 0.1) is 11.6 Å². The van der Waals surface area contributed by atoms with Crippen LogP contribution in [0.3, 0.4) is 0 Å². The molecule has 0 saturated heterocycles. The van der Waals surface area contributed by atoms with Crippen LogP contribution in [0.15, 0.2) is 16.7 Å². The summed E-state index contributed by atoms with van der Waals surface area (Å²) >= 11 is 3.22. The van der Waals surface area contributed by atoms with Crippen molar-refractivity contribution in [3.8, 4) is 5.75 Å². The number of hydrogen-bond acceptors (Lipinski definition) is 2. The molecule has 0 aromatic carbocycles. The molecule has 0 aliphatic carbocycles. The fourth-order valence-corrected chi connectivity index (χ4v) is 0.958. The Morgan fingerprint density at radius 3 is 3.00 bits per heavy atom. The largest absolute Gasteiger partial charge is 0.506 e. The molecule has 0 atom stereocenters. The molecule has 0 N–H and O–H groups in total. The molecule has 0 amide bonds. The molecule has 1 rings (SSSR count). The van der Waals surface area contributed by atoms with Crippen LogP contribution in [0, 0.1) is 6.57 Å². The van der Waals surface area contributed by atoms with Crippen LogP contribution in [0.25, 0.3) is 4.85 Å². The fraction of sp³-hybridized carbons (Fsp3) is 0.143. The van der Waals surface area contributed by atoms with E-state index in [4.69, 9.17) is 11.3 Å². The minimum atomic E-state index is 0.288. The predicted molar refractivity (Wildman–Crippen MR) is 44.8 cm³/mol. The van der Waals surface area contributed by atoms with Crippen LogP contribution in [0.2, 0.25) is 0 Å². The van der Waals surface area contributed by atoms with E-state index in [1.165, 1.54) is 7.11 Å². The van der Waals surface area contributed by atoms with E-state index in [0.717, 1.165) is 4.47 Å². The summed E-state index contributed by atoms with van der Waals surface area (Å²) in [6, 6.07) is 1.71. The summed E-state index contributed by atoms with van der Waals surface area (Å²) in [6.07, 6.45) is 1.57. The van der Waals surface area contributed by atoms with Crippen molar-refractivity contribution in [1.29, 1.82) is 0 Å². The Balaban J connectivity index is 3.19. The van der Waals surface area contributed by atoms with Crippen LogP contribution >= 0.6 is 15.9 Å². The first kappa shape index (κ1) is 8.02. The Morgan fingerprint density at radius 1 is 1.73 bits per heavy atom. The zero-order chi connectivity index (χ0) is 8.27. The molecule has 0 aliphatic heterocycles. The summed E-state index contributed by atoms with van der Waals surface area (Å²) in [5.74, 6) is 0.782. The summed E-state index contributed by atoms with van der Waals surface area (Å²) in [7, 11) is 1.51. The molecule has 0 saturated carbocycles. The third-order valence-electron chi connectivity index (χ3n) is 1.13. The van der Waals surface area contributed by atoms with Gasteiger partial charge in [-0.05, 0) is 22.0 Å². The van der Waals surface area contributed by atoms with Crippen LogP contribution in [0.5, 0.6) is 5.75 Å². The van der Waals surface area contributed by atoms with Crippen molar-refractivity contribution in [3.63, 3.8) is 0 Å². The number of aromatic nitrogens is 1. The van der Waals surface area contributed by atoms with Gasteiger partial charge in [0.15, 0.2) is 0 Å². The van der Waals surface area contributed by atoms with Gasteiger partial charge in [0, 0.05) is 0 Å². The molecule has 1 heterocycles. The third kappa shape index (κ3) is 1.69. The summed E-state index contributed by atoms with van der Waals surface area (Å²) in [4.78, 5) is 7.02. The van der Waals surface area contributed by atoms with Crippen LogP contribution in [0.4, 0.5) is 5.82 Å². The van der Waals surface area contributed by atoms with Crippen LogP contribution in [0.1, 0.15) is 0 Å². The maximum Gasteiger partial charge on any atom is 0.311 e. The minimum absolute atomic E-state index is 0.288. The van der Waals surface area contributed by atoms with Gasteiger partial charge in [0.2, 0.25) is 0 Å². The van der Waals surface area contributed by atoms with E-state index in [2.05, 4.69) is 25.8 Å². The second kappa shape index (κ2) is 3.35. The first-order valence-corrected chi connectivity index (χ1v) is 3.64. The van der Waals surface area contributed by atoms with Gasteiger partial charge in [-0.1, -0.05) is 6.57 Å². The number of halogens is 1. The van der Waals surface area contributed by atoms with Gasteiger partial charge in [-0.25, -0.2) is 0 Å². The quantitative estimate of drug-likeness (QED) is 0.669. The van der Waals surface area contributed by atoms with Crippen molar-refractivity contribution in [2.24, 2.45) is 0 Å². The lowest BCUT2D eigenvalue weighted by Crippen LogP contribution is -1.84. The molecule has 0 bridgehead atoms. The lowest BCUT2D eigenvalue weighted by molar-refractivity contribution is 0.415. The number of rotatable bonds is 1. The van der Waals surface area contributed by atoms with E-state index in [1.54, 1.807) is 12.3 Å². The van der Waals surface area contributed by atoms with Gasteiger partial charge in [-0.3, -0.25) is 0 Å². The van der Waals surface area contributed by atoms with E-state index in [0.29, 0.717) is 5.75 Å². The van der Waals surface area contributed by atoms with Gasteiger partial charge in [0.1, 0.15) is 11.9 Å². The molecule has 4 heteroatoms.